The fraction of sp³-hybridized carbons (Fsp3) is 0.247. The number of para-hydroxylation sites is 2. The summed E-state index contributed by atoms with van der Waals surface area (Å²) in [7, 11) is 5.81. The van der Waals surface area contributed by atoms with Gasteiger partial charge in [0.1, 0.15) is 24.1 Å². The number of amides is 1. The maximum Gasteiger partial charge on any atom is 0.408 e. The van der Waals surface area contributed by atoms with Crippen LogP contribution >= 0.6 is 0 Å². The van der Waals surface area contributed by atoms with E-state index >= 15 is 0 Å². The third kappa shape index (κ3) is 34.5. The monoisotopic (exact) mass is 1280 g/mol. The molecule has 0 saturated carbocycles. The average Bonchev–Trinajstić information content (AvgIpc) is 1.55. The van der Waals surface area contributed by atoms with E-state index in [2.05, 4.69) is 53.5 Å². The molecule has 17 heteroatoms. The highest BCUT2D eigenvalue weighted by atomic mass is 16.6. The number of alkyl carbamates (subject to hydrolysis) is 1. The molecule has 0 aromatic heterocycles. The zero-order chi connectivity index (χ0) is 69.1. The van der Waals surface area contributed by atoms with Gasteiger partial charge in [0.25, 0.3) is 0 Å². The molecule has 4 N–H and O–H groups in total. The topological polar surface area (TPSA) is 240 Å². The lowest BCUT2D eigenvalue weighted by atomic mass is 10.1. The van der Waals surface area contributed by atoms with E-state index in [1.54, 1.807) is 79.9 Å². The number of rotatable bonds is 24. The Labute approximate surface area is 553 Å². The Morgan fingerprint density at radius 1 is 0.447 bits per heavy atom. The lowest BCUT2D eigenvalue weighted by Crippen LogP contribution is -2.42. The molecule has 0 aliphatic rings. The largest absolute Gasteiger partial charge is 0.493 e. The Bertz CT molecular complexity index is 3380. The van der Waals surface area contributed by atoms with Crippen LogP contribution in [0.15, 0.2) is 225 Å². The molecule has 0 heterocycles. The molecule has 0 aliphatic heterocycles. The van der Waals surface area contributed by atoms with Crippen LogP contribution in [0.2, 0.25) is 0 Å². The Kier molecular flexibility index (Phi) is 41.5. The highest BCUT2D eigenvalue weighted by Gasteiger charge is 2.21. The van der Waals surface area contributed by atoms with Gasteiger partial charge in [0.2, 0.25) is 0 Å². The summed E-state index contributed by atoms with van der Waals surface area (Å²) in [5.41, 5.74) is 8.76. The Morgan fingerprint density at radius 3 is 1.13 bits per heavy atom. The number of ether oxygens (including phenoxy) is 7. The molecule has 498 valence electrons. The van der Waals surface area contributed by atoms with Gasteiger partial charge in [-0.15, -0.1) is 0 Å². The Hall–Kier alpha value is -10.6. The van der Waals surface area contributed by atoms with Crippen molar-refractivity contribution in [3.63, 3.8) is 0 Å². The first kappa shape index (κ1) is 79.5. The van der Waals surface area contributed by atoms with Gasteiger partial charge in [-0.3, -0.25) is 0 Å². The summed E-state index contributed by atoms with van der Waals surface area (Å²) in [5.74, 6) is -1.27. The van der Waals surface area contributed by atoms with Crippen molar-refractivity contribution in [3.8, 4) is 11.5 Å². The third-order valence-corrected chi connectivity index (χ3v) is 12.6. The second kappa shape index (κ2) is 49.1. The number of carbonyl (C=O) groups is 6. The molecule has 17 nitrogen and oxygen atoms in total. The summed E-state index contributed by atoms with van der Waals surface area (Å²) >= 11 is 0. The van der Waals surface area contributed by atoms with E-state index in [1.165, 1.54) is 27.8 Å². The Balaban J connectivity index is 0.000000411. The molecule has 8 aromatic rings. The van der Waals surface area contributed by atoms with Crippen LogP contribution in [0.5, 0.6) is 11.5 Å². The molecule has 8 aromatic carbocycles. The van der Waals surface area contributed by atoms with Crippen LogP contribution in [0.3, 0.4) is 0 Å². The molecule has 1 amide bonds. The molecule has 0 saturated heterocycles. The van der Waals surface area contributed by atoms with E-state index < -0.39 is 24.1 Å². The zero-order valence-electron chi connectivity index (χ0n) is 54.8. The summed E-state index contributed by atoms with van der Waals surface area (Å²) in [5, 5.41) is 29.0. The van der Waals surface area contributed by atoms with Gasteiger partial charge in [0.05, 0.1) is 56.8 Å². The predicted molar refractivity (Wildman–Crippen MR) is 368 cm³/mol. The number of carboxylic acids is 2. The van der Waals surface area contributed by atoms with Crippen LogP contribution in [-0.2, 0) is 60.8 Å². The smallest absolute Gasteiger partial charge is 0.408 e. The molecule has 0 spiro atoms. The molecule has 0 radical (unpaired) electrons. The van der Waals surface area contributed by atoms with Gasteiger partial charge < -0.3 is 53.8 Å². The predicted octanol–water partition coefficient (Wildman–Crippen LogP) is 14.9. The van der Waals surface area contributed by atoms with E-state index in [9.17, 15) is 33.9 Å². The number of esters is 3. The minimum atomic E-state index is -1.11. The Morgan fingerprint density at radius 2 is 0.798 bits per heavy atom. The van der Waals surface area contributed by atoms with E-state index in [4.69, 9.17) is 29.2 Å². The van der Waals surface area contributed by atoms with E-state index in [0.29, 0.717) is 41.9 Å². The lowest BCUT2D eigenvalue weighted by molar-refractivity contribution is -0.139. The number of aliphatic hydroxyl groups excluding tert-OH is 1. The molecule has 94 heavy (non-hydrogen) atoms. The molecule has 0 aliphatic carbocycles. The van der Waals surface area contributed by atoms with Crippen molar-refractivity contribution in [1.82, 2.24) is 5.32 Å². The number of aliphatic carboxylic acids is 1. The summed E-state index contributed by atoms with van der Waals surface area (Å²) in [6.45, 7) is 15.8. The van der Waals surface area contributed by atoms with Crippen molar-refractivity contribution in [2.75, 3.05) is 54.9 Å². The van der Waals surface area contributed by atoms with Gasteiger partial charge in [-0.2, -0.15) is 0 Å². The van der Waals surface area contributed by atoms with Crippen molar-refractivity contribution < 1.29 is 77.2 Å². The van der Waals surface area contributed by atoms with Gasteiger partial charge in [0.15, 0.2) is 0 Å². The number of methoxy groups -OCH3 is 4. The van der Waals surface area contributed by atoms with Crippen molar-refractivity contribution in [3.05, 3.63) is 287 Å². The van der Waals surface area contributed by atoms with Crippen molar-refractivity contribution >= 4 is 48.1 Å². The third-order valence-electron chi connectivity index (χ3n) is 12.6. The van der Waals surface area contributed by atoms with E-state index in [1.807, 2.05) is 152 Å². The maximum absolute atomic E-state index is 12.1. The summed E-state index contributed by atoms with van der Waals surface area (Å²) in [4.78, 5) is 67.1. The molecule has 1 unspecified atom stereocenters. The minimum Gasteiger partial charge on any atom is -0.493 e. The van der Waals surface area contributed by atoms with E-state index in [-0.39, 0.29) is 37.5 Å². The molecule has 0 bridgehead atoms. The SMILES string of the molecule is C=Cc1ccc(C(=O)O)cc1.C=Cc1ccc(C(=O)OC)cc1.CCC.CCCOC.COC(=O)c1ccc(CCO)cc1.COC(=O)c1ccc(CCOc2ccccc2)cc1.O=C(NC(Cc1ccccc1)C(=O)O)OCc1ccc(CCOc2ccccc2)cc1. The number of carboxylic acid groups (broad SMARTS) is 2. The number of aliphatic hydroxyl groups is 1. The van der Waals surface area contributed by atoms with Crippen LogP contribution in [-0.4, -0.2) is 112 Å². The first-order chi connectivity index (χ1) is 45.5. The standard InChI is InChI=1S/C25H25NO5.C16H16O3.C10H12O3.C10H10O2.C9H8O2.C4H10O.C3H8/c27-24(28)23(17-20-7-3-1-4-8-20)26-25(29)31-18-21-13-11-19(12-14-21)15-16-30-22-9-5-2-6-10-22;1-18-16(17)14-9-7-13(8-10-14)11-12-19-15-5-3-2-4-6-15;1-13-10(12)9-4-2-8(3-5-9)6-7-11;1-3-8-4-6-9(7-5-8)10(11)12-2;1-2-7-3-5-8(6-4-7)9(10)11;1-3-4-5-2;1-3-2/h1-14,23H,15-18H2,(H,26,29)(H,27,28);2-10H,11-12H2,1H3;2-5,11H,6-7H2,1H3;3-7H,1H2,2H3;2-6H,1H2,(H,10,11);3-4H2,1-2H3;3H2,1-2H3. The fourth-order valence-corrected chi connectivity index (χ4v) is 7.61. The second-order valence-electron chi connectivity index (χ2n) is 19.9. The summed E-state index contributed by atoms with van der Waals surface area (Å²) in [6.07, 6.45) is 7.37. The number of benzene rings is 8. The molecule has 8 rings (SSSR count). The van der Waals surface area contributed by atoms with Gasteiger partial charge in [0, 0.05) is 39.6 Å². The molecular weight excluding hydrogens is 1190 g/mol. The van der Waals surface area contributed by atoms with Crippen LogP contribution in [0.4, 0.5) is 4.79 Å². The van der Waals surface area contributed by atoms with E-state index in [0.717, 1.165) is 76.3 Å². The minimum absolute atomic E-state index is 0.0598. The maximum atomic E-state index is 12.1. The second-order valence-corrected chi connectivity index (χ2v) is 19.9. The summed E-state index contributed by atoms with van der Waals surface area (Å²) < 4.78 is 34.9. The molecule has 0 fully saturated rings. The van der Waals surface area contributed by atoms with Crippen LogP contribution in [0.25, 0.3) is 12.2 Å². The highest BCUT2D eigenvalue weighted by Crippen LogP contribution is 2.14. The highest BCUT2D eigenvalue weighted by molar-refractivity contribution is 5.90. The van der Waals surface area contributed by atoms with Gasteiger partial charge >= 0.3 is 35.9 Å². The normalized spacial score (nSPS) is 9.96. The van der Waals surface area contributed by atoms with Crippen LogP contribution in [0, 0.1) is 0 Å². The van der Waals surface area contributed by atoms with Crippen molar-refractivity contribution in [1.29, 1.82) is 0 Å². The van der Waals surface area contributed by atoms with Crippen molar-refractivity contribution in [2.24, 2.45) is 0 Å². The van der Waals surface area contributed by atoms with Gasteiger partial charge in [-0.05, 0) is 125 Å². The average molecular weight is 1280 g/mol. The zero-order valence-corrected chi connectivity index (χ0v) is 54.8. The quantitative estimate of drug-likeness (QED) is 0.0325. The number of hydrogen-bond acceptors (Lipinski definition) is 14. The number of hydrogen-bond donors (Lipinski definition) is 4. The molecule has 1 atom stereocenters. The first-order valence-corrected chi connectivity index (χ1v) is 30.4. The van der Waals surface area contributed by atoms with Crippen LogP contribution in [0.1, 0.15) is 114 Å². The molecular formula is C77H89NO16. The number of aromatic carboxylic acids is 1. The van der Waals surface area contributed by atoms with Crippen LogP contribution < -0.4 is 14.8 Å². The van der Waals surface area contributed by atoms with Gasteiger partial charge in [-0.25, -0.2) is 28.8 Å². The van der Waals surface area contributed by atoms with Crippen molar-refractivity contribution in [2.45, 2.75) is 71.9 Å². The lowest BCUT2D eigenvalue weighted by Gasteiger charge is -2.15. The van der Waals surface area contributed by atoms with Gasteiger partial charge in [-0.1, -0.05) is 192 Å². The number of carbonyl (C=O) groups excluding carboxylic acids is 4. The summed E-state index contributed by atoms with van der Waals surface area (Å²) in [6, 6.07) is 63.1. The first-order valence-electron chi connectivity index (χ1n) is 30.4. The fourth-order valence-electron chi connectivity index (χ4n) is 7.61. The number of nitrogens with one attached hydrogen (secondary N) is 1.